The SMILES string of the molecule is CCOC(=O)c1ccc(NC(=O)CSc2nnc(-c3ccc(C)cc3)n2C)cc1. The van der Waals surface area contributed by atoms with Gasteiger partial charge in [-0.25, -0.2) is 4.79 Å². The number of carbonyl (C=O) groups is 2. The molecule has 7 nitrogen and oxygen atoms in total. The van der Waals surface area contributed by atoms with E-state index in [9.17, 15) is 9.59 Å². The van der Waals surface area contributed by atoms with Crippen molar-refractivity contribution in [2.75, 3.05) is 17.7 Å². The highest BCUT2D eigenvalue weighted by Gasteiger charge is 2.13. The maximum atomic E-state index is 12.3. The van der Waals surface area contributed by atoms with Crippen LogP contribution < -0.4 is 5.32 Å². The van der Waals surface area contributed by atoms with E-state index in [0.717, 1.165) is 11.4 Å². The number of amides is 1. The fraction of sp³-hybridized carbons (Fsp3) is 0.238. The Morgan fingerprint density at radius 3 is 2.41 bits per heavy atom. The van der Waals surface area contributed by atoms with Gasteiger partial charge in [0.05, 0.1) is 17.9 Å². The fourth-order valence-electron chi connectivity index (χ4n) is 2.63. The lowest BCUT2D eigenvalue weighted by atomic mass is 10.1. The third kappa shape index (κ3) is 5.23. The Hall–Kier alpha value is -3.13. The highest BCUT2D eigenvalue weighted by Crippen LogP contribution is 2.23. The molecular weight excluding hydrogens is 388 g/mol. The number of esters is 1. The van der Waals surface area contributed by atoms with Gasteiger partial charge in [0.2, 0.25) is 5.91 Å². The summed E-state index contributed by atoms with van der Waals surface area (Å²) < 4.78 is 6.81. The average molecular weight is 410 g/mol. The molecule has 0 aliphatic carbocycles. The number of ether oxygens (including phenoxy) is 1. The Balaban J connectivity index is 1.57. The second-order valence-electron chi connectivity index (χ2n) is 6.37. The molecule has 3 rings (SSSR count). The molecule has 1 aromatic heterocycles. The molecule has 1 heterocycles. The van der Waals surface area contributed by atoms with E-state index in [2.05, 4.69) is 15.5 Å². The van der Waals surface area contributed by atoms with Crippen molar-refractivity contribution >= 4 is 29.3 Å². The van der Waals surface area contributed by atoms with E-state index < -0.39 is 0 Å². The van der Waals surface area contributed by atoms with Crippen LogP contribution in [0.5, 0.6) is 0 Å². The van der Waals surface area contributed by atoms with Gasteiger partial charge in [-0.1, -0.05) is 41.6 Å². The molecule has 0 saturated heterocycles. The van der Waals surface area contributed by atoms with Crippen molar-refractivity contribution in [3.05, 3.63) is 59.7 Å². The molecule has 29 heavy (non-hydrogen) atoms. The van der Waals surface area contributed by atoms with Crippen LogP contribution in [0, 0.1) is 6.92 Å². The Morgan fingerprint density at radius 1 is 1.07 bits per heavy atom. The summed E-state index contributed by atoms with van der Waals surface area (Å²) in [7, 11) is 1.88. The van der Waals surface area contributed by atoms with Crippen molar-refractivity contribution in [3.63, 3.8) is 0 Å². The summed E-state index contributed by atoms with van der Waals surface area (Å²) in [6, 6.07) is 14.6. The van der Waals surface area contributed by atoms with Crippen LogP contribution in [0.2, 0.25) is 0 Å². The zero-order valence-corrected chi connectivity index (χ0v) is 17.3. The van der Waals surface area contributed by atoms with Crippen LogP contribution in [0.15, 0.2) is 53.7 Å². The molecule has 0 spiro atoms. The van der Waals surface area contributed by atoms with E-state index in [1.54, 1.807) is 31.2 Å². The Kier molecular flexibility index (Phi) is 6.66. The molecule has 0 aliphatic rings. The number of thioether (sulfide) groups is 1. The highest BCUT2D eigenvalue weighted by molar-refractivity contribution is 7.99. The minimum Gasteiger partial charge on any atom is -0.462 e. The highest BCUT2D eigenvalue weighted by atomic mass is 32.2. The van der Waals surface area contributed by atoms with Crippen molar-refractivity contribution < 1.29 is 14.3 Å². The van der Waals surface area contributed by atoms with Gasteiger partial charge in [-0.05, 0) is 38.1 Å². The van der Waals surface area contributed by atoms with Crippen LogP contribution in [0.1, 0.15) is 22.8 Å². The van der Waals surface area contributed by atoms with Crippen LogP contribution in [-0.2, 0) is 16.6 Å². The Bertz CT molecular complexity index is 998. The molecular formula is C21H22N4O3S. The summed E-state index contributed by atoms with van der Waals surface area (Å²) in [6.07, 6.45) is 0. The molecule has 0 bridgehead atoms. The number of benzene rings is 2. The number of anilines is 1. The number of nitrogens with one attached hydrogen (secondary N) is 1. The summed E-state index contributed by atoms with van der Waals surface area (Å²) in [6.45, 7) is 4.11. The normalized spacial score (nSPS) is 10.6. The molecule has 0 radical (unpaired) electrons. The number of hydrogen-bond donors (Lipinski definition) is 1. The van der Waals surface area contributed by atoms with E-state index in [-0.39, 0.29) is 17.6 Å². The second kappa shape index (κ2) is 9.38. The number of aryl methyl sites for hydroxylation is 1. The lowest BCUT2D eigenvalue weighted by Crippen LogP contribution is -2.14. The third-order valence-corrected chi connectivity index (χ3v) is 5.18. The van der Waals surface area contributed by atoms with Gasteiger partial charge in [0.1, 0.15) is 0 Å². The first kappa shape index (κ1) is 20.6. The predicted molar refractivity (Wildman–Crippen MR) is 113 cm³/mol. The Morgan fingerprint density at radius 2 is 1.76 bits per heavy atom. The first-order valence-electron chi connectivity index (χ1n) is 9.14. The van der Waals surface area contributed by atoms with Gasteiger partial charge in [0.25, 0.3) is 0 Å². The van der Waals surface area contributed by atoms with Crippen molar-refractivity contribution in [1.29, 1.82) is 0 Å². The van der Waals surface area contributed by atoms with Crippen LogP contribution in [-0.4, -0.2) is 39.0 Å². The van der Waals surface area contributed by atoms with E-state index in [1.807, 2.05) is 42.8 Å². The molecule has 3 aromatic rings. The van der Waals surface area contributed by atoms with E-state index in [4.69, 9.17) is 4.74 Å². The second-order valence-corrected chi connectivity index (χ2v) is 7.31. The smallest absolute Gasteiger partial charge is 0.338 e. The van der Waals surface area contributed by atoms with Crippen molar-refractivity contribution in [1.82, 2.24) is 14.8 Å². The van der Waals surface area contributed by atoms with Gasteiger partial charge >= 0.3 is 5.97 Å². The molecule has 1 N–H and O–H groups in total. The quantitative estimate of drug-likeness (QED) is 0.472. The largest absolute Gasteiger partial charge is 0.462 e. The molecule has 0 unspecified atom stereocenters. The maximum absolute atomic E-state index is 12.3. The maximum Gasteiger partial charge on any atom is 0.338 e. The minimum atomic E-state index is -0.382. The summed E-state index contributed by atoms with van der Waals surface area (Å²) in [5, 5.41) is 11.9. The fourth-order valence-corrected chi connectivity index (χ4v) is 3.34. The van der Waals surface area contributed by atoms with Crippen LogP contribution in [0.4, 0.5) is 5.69 Å². The minimum absolute atomic E-state index is 0.168. The van der Waals surface area contributed by atoms with Crippen LogP contribution >= 0.6 is 11.8 Å². The zero-order valence-electron chi connectivity index (χ0n) is 16.5. The van der Waals surface area contributed by atoms with E-state index >= 15 is 0 Å². The standard InChI is InChI=1S/C21H22N4O3S/c1-4-28-20(27)16-9-11-17(12-10-16)22-18(26)13-29-21-24-23-19(25(21)3)15-7-5-14(2)6-8-15/h5-12H,4,13H2,1-3H3,(H,22,26). The summed E-state index contributed by atoms with van der Waals surface area (Å²) in [5.41, 5.74) is 3.21. The van der Waals surface area contributed by atoms with Gasteiger partial charge in [0, 0.05) is 18.3 Å². The van der Waals surface area contributed by atoms with Crippen LogP contribution in [0.25, 0.3) is 11.4 Å². The Labute approximate surface area is 173 Å². The molecule has 0 atom stereocenters. The molecule has 1 amide bonds. The van der Waals surface area contributed by atoms with Gasteiger partial charge in [0.15, 0.2) is 11.0 Å². The first-order chi connectivity index (χ1) is 14.0. The molecule has 150 valence electrons. The molecule has 0 saturated carbocycles. The molecule has 0 aliphatic heterocycles. The summed E-state index contributed by atoms with van der Waals surface area (Å²) in [5.74, 6) is 0.397. The average Bonchev–Trinajstić information content (AvgIpc) is 3.08. The number of nitrogens with zero attached hydrogens (tertiary/aromatic N) is 3. The summed E-state index contributed by atoms with van der Waals surface area (Å²) >= 11 is 1.31. The van der Waals surface area contributed by atoms with Crippen LogP contribution in [0.3, 0.4) is 0 Å². The first-order valence-corrected chi connectivity index (χ1v) is 10.1. The van der Waals surface area contributed by atoms with Crippen molar-refractivity contribution in [2.24, 2.45) is 7.05 Å². The topological polar surface area (TPSA) is 86.1 Å². The van der Waals surface area contributed by atoms with E-state index in [1.165, 1.54) is 17.3 Å². The number of hydrogen-bond acceptors (Lipinski definition) is 6. The van der Waals surface area contributed by atoms with Crippen molar-refractivity contribution in [3.8, 4) is 11.4 Å². The number of aromatic nitrogens is 3. The number of carbonyl (C=O) groups excluding carboxylic acids is 2. The van der Waals surface area contributed by atoms with Gasteiger partial charge in [-0.15, -0.1) is 10.2 Å². The summed E-state index contributed by atoms with van der Waals surface area (Å²) in [4.78, 5) is 23.9. The van der Waals surface area contributed by atoms with Gasteiger partial charge in [-0.3, -0.25) is 4.79 Å². The monoisotopic (exact) mass is 410 g/mol. The third-order valence-electron chi connectivity index (χ3n) is 4.16. The molecule has 8 heteroatoms. The van der Waals surface area contributed by atoms with Crippen molar-refractivity contribution in [2.45, 2.75) is 19.0 Å². The lowest BCUT2D eigenvalue weighted by molar-refractivity contribution is -0.113. The van der Waals surface area contributed by atoms with Gasteiger partial charge in [-0.2, -0.15) is 0 Å². The molecule has 2 aromatic carbocycles. The predicted octanol–water partition coefficient (Wildman–Crippen LogP) is 3.70. The zero-order chi connectivity index (χ0) is 20.8. The van der Waals surface area contributed by atoms with E-state index in [0.29, 0.717) is 23.0 Å². The molecule has 0 fully saturated rings. The number of rotatable bonds is 7. The van der Waals surface area contributed by atoms with Gasteiger partial charge < -0.3 is 14.6 Å². The lowest BCUT2D eigenvalue weighted by Gasteiger charge is -2.07.